The van der Waals surface area contributed by atoms with Crippen LogP contribution in [0.3, 0.4) is 0 Å². The van der Waals surface area contributed by atoms with Crippen molar-refractivity contribution in [3.05, 3.63) is 47.0 Å². The summed E-state index contributed by atoms with van der Waals surface area (Å²) in [6, 6.07) is 11.0. The van der Waals surface area contributed by atoms with Gasteiger partial charge in [0.15, 0.2) is 11.5 Å². The highest BCUT2D eigenvalue weighted by molar-refractivity contribution is 6.31. The Balaban J connectivity index is 2.57. The van der Waals surface area contributed by atoms with Crippen LogP contribution in [0.5, 0.6) is 11.5 Å². The van der Waals surface area contributed by atoms with Gasteiger partial charge < -0.3 is 9.84 Å². The van der Waals surface area contributed by atoms with Crippen LogP contribution in [0.2, 0.25) is 5.02 Å². The van der Waals surface area contributed by atoms with Crippen LogP contribution in [-0.4, -0.2) is 12.2 Å². The minimum absolute atomic E-state index is 0.135. The first-order valence-electron chi connectivity index (χ1n) is 5.26. The van der Waals surface area contributed by atoms with Gasteiger partial charge in [-0.05, 0) is 41.8 Å². The Bertz CT molecular complexity index is 550. The summed E-state index contributed by atoms with van der Waals surface area (Å²) in [6.45, 7) is 1.97. The molecular weight excluding hydrogens is 236 g/mol. The highest BCUT2D eigenvalue weighted by atomic mass is 35.5. The molecule has 0 heterocycles. The molecule has 17 heavy (non-hydrogen) atoms. The maximum atomic E-state index is 9.55. The Hall–Kier alpha value is -1.67. The Morgan fingerprint density at radius 2 is 1.94 bits per heavy atom. The van der Waals surface area contributed by atoms with E-state index in [9.17, 15) is 5.11 Å². The predicted molar refractivity (Wildman–Crippen MR) is 69.8 cm³/mol. The first-order chi connectivity index (χ1) is 8.13. The van der Waals surface area contributed by atoms with Gasteiger partial charge in [0.1, 0.15) is 0 Å². The number of phenolic OH excluding ortho intramolecular Hbond substituents is 1. The summed E-state index contributed by atoms with van der Waals surface area (Å²) in [6.07, 6.45) is 0. The van der Waals surface area contributed by atoms with E-state index >= 15 is 0 Å². The van der Waals surface area contributed by atoms with E-state index in [2.05, 4.69) is 0 Å². The number of ether oxygens (including phenoxy) is 1. The van der Waals surface area contributed by atoms with Crippen LogP contribution < -0.4 is 4.74 Å². The SMILES string of the molecule is COc1cc(-c2cccc(Cl)c2C)ccc1O. The molecule has 0 saturated carbocycles. The molecular formula is C14H13ClO2. The van der Waals surface area contributed by atoms with Crippen molar-refractivity contribution in [3.63, 3.8) is 0 Å². The lowest BCUT2D eigenvalue weighted by Crippen LogP contribution is -1.87. The lowest BCUT2D eigenvalue weighted by atomic mass is 10.0. The number of halogens is 1. The number of phenols is 1. The molecule has 1 N–H and O–H groups in total. The monoisotopic (exact) mass is 248 g/mol. The third-order valence-corrected chi connectivity index (χ3v) is 3.17. The van der Waals surface area contributed by atoms with Crippen molar-refractivity contribution in [1.29, 1.82) is 0 Å². The van der Waals surface area contributed by atoms with Crippen LogP contribution in [0, 0.1) is 6.92 Å². The number of hydrogen-bond acceptors (Lipinski definition) is 2. The second-order valence-corrected chi connectivity index (χ2v) is 4.21. The molecule has 2 nitrogen and oxygen atoms in total. The zero-order valence-electron chi connectivity index (χ0n) is 9.70. The molecule has 0 unspecified atom stereocenters. The molecule has 2 aromatic carbocycles. The Morgan fingerprint density at radius 1 is 1.18 bits per heavy atom. The lowest BCUT2D eigenvalue weighted by molar-refractivity contribution is 0.373. The normalized spacial score (nSPS) is 10.3. The maximum absolute atomic E-state index is 9.55. The summed E-state index contributed by atoms with van der Waals surface area (Å²) >= 11 is 6.09. The molecule has 88 valence electrons. The van der Waals surface area contributed by atoms with E-state index in [0.29, 0.717) is 5.75 Å². The first kappa shape index (κ1) is 11.8. The second kappa shape index (κ2) is 4.68. The van der Waals surface area contributed by atoms with Gasteiger partial charge in [0, 0.05) is 5.02 Å². The topological polar surface area (TPSA) is 29.5 Å². The number of rotatable bonds is 2. The molecule has 0 aliphatic carbocycles. The predicted octanol–water partition coefficient (Wildman–Crippen LogP) is 4.03. The zero-order chi connectivity index (χ0) is 12.4. The van der Waals surface area contributed by atoms with E-state index in [1.54, 1.807) is 12.1 Å². The zero-order valence-corrected chi connectivity index (χ0v) is 10.5. The molecule has 0 radical (unpaired) electrons. The van der Waals surface area contributed by atoms with Gasteiger partial charge in [0.05, 0.1) is 7.11 Å². The fourth-order valence-electron chi connectivity index (χ4n) is 1.77. The van der Waals surface area contributed by atoms with E-state index in [-0.39, 0.29) is 5.75 Å². The van der Waals surface area contributed by atoms with Crippen molar-refractivity contribution in [3.8, 4) is 22.6 Å². The third kappa shape index (κ3) is 2.22. The quantitative estimate of drug-likeness (QED) is 0.870. The standard InChI is InChI=1S/C14H13ClO2/c1-9-11(4-3-5-12(9)15)10-6-7-13(16)14(8-10)17-2/h3-8,16H,1-2H3. The molecule has 0 saturated heterocycles. The van der Waals surface area contributed by atoms with Gasteiger partial charge in [-0.1, -0.05) is 29.8 Å². The van der Waals surface area contributed by atoms with E-state index in [4.69, 9.17) is 16.3 Å². The van der Waals surface area contributed by atoms with Crippen molar-refractivity contribution in [2.75, 3.05) is 7.11 Å². The summed E-state index contributed by atoms with van der Waals surface area (Å²) in [5, 5.41) is 10.3. The third-order valence-electron chi connectivity index (χ3n) is 2.76. The Labute approximate surface area is 105 Å². The largest absolute Gasteiger partial charge is 0.504 e. The fraction of sp³-hybridized carbons (Fsp3) is 0.143. The molecule has 0 atom stereocenters. The molecule has 0 bridgehead atoms. The summed E-state index contributed by atoms with van der Waals surface area (Å²) in [5.74, 6) is 0.595. The van der Waals surface area contributed by atoms with Crippen LogP contribution in [0.25, 0.3) is 11.1 Å². The van der Waals surface area contributed by atoms with E-state index in [1.807, 2.05) is 31.2 Å². The number of hydrogen-bond donors (Lipinski definition) is 1. The van der Waals surface area contributed by atoms with Gasteiger partial charge in [0.2, 0.25) is 0 Å². The summed E-state index contributed by atoms with van der Waals surface area (Å²) in [7, 11) is 1.53. The summed E-state index contributed by atoms with van der Waals surface area (Å²) in [5.41, 5.74) is 3.03. The number of methoxy groups -OCH3 is 1. The molecule has 2 aromatic rings. The highest BCUT2D eigenvalue weighted by Gasteiger charge is 2.08. The van der Waals surface area contributed by atoms with Crippen LogP contribution >= 0.6 is 11.6 Å². The highest BCUT2D eigenvalue weighted by Crippen LogP contribution is 2.34. The van der Waals surface area contributed by atoms with E-state index in [1.165, 1.54) is 7.11 Å². The van der Waals surface area contributed by atoms with Crippen molar-refractivity contribution in [1.82, 2.24) is 0 Å². The lowest BCUT2D eigenvalue weighted by Gasteiger charge is -2.10. The van der Waals surface area contributed by atoms with E-state index < -0.39 is 0 Å². The molecule has 0 aromatic heterocycles. The summed E-state index contributed by atoms with van der Waals surface area (Å²) in [4.78, 5) is 0. The van der Waals surface area contributed by atoms with Crippen molar-refractivity contribution >= 4 is 11.6 Å². The maximum Gasteiger partial charge on any atom is 0.161 e. The first-order valence-corrected chi connectivity index (χ1v) is 5.63. The Morgan fingerprint density at radius 3 is 2.65 bits per heavy atom. The van der Waals surface area contributed by atoms with Crippen LogP contribution in [-0.2, 0) is 0 Å². The van der Waals surface area contributed by atoms with Crippen molar-refractivity contribution < 1.29 is 9.84 Å². The number of aromatic hydroxyl groups is 1. The van der Waals surface area contributed by atoms with Gasteiger partial charge in [0.25, 0.3) is 0 Å². The Kier molecular flexibility index (Phi) is 3.25. The van der Waals surface area contributed by atoms with Gasteiger partial charge in [-0.3, -0.25) is 0 Å². The molecule has 0 fully saturated rings. The van der Waals surface area contributed by atoms with Crippen molar-refractivity contribution in [2.45, 2.75) is 6.92 Å². The van der Waals surface area contributed by atoms with Gasteiger partial charge >= 0.3 is 0 Å². The molecule has 0 amide bonds. The molecule has 0 spiro atoms. The van der Waals surface area contributed by atoms with Crippen molar-refractivity contribution in [2.24, 2.45) is 0 Å². The van der Waals surface area contributed by atoms with E-state index in [0.717, 1.165) is 21.7 Å². The second-order valence-electron chi connectivity index (χ2n) is 3.80. The fourth-order valence-corrected chi connectivity index (χ4v) is 1.94. The van der Waals surface area contributed by atoms with Crippen LogP contribution in [0.1, 0.15) is 5.56 Å². The minimum atomic E-state index is 0.135. The molecule has 0 aliphatic rings. The average Bonchev–Trinajstić information content (AvgIpc) is 2.34. The smallest absolute Gasteiger partial charge is 0.161 e. The van der Waals surface area contributed by atoms with Crippen LogP contribution in [0.15, 0.2) is 36.4 Å². The summed E-state index contributed by atoms with van der Waals surface area (Å²) < 4.78 is 5.09. The molecule has 0 aliphatic heterocycles. The van der Waals surface area contributed by atoms with Gasteiger partial charge in [-0.25, -0.2) is 0 Å². The average molecular weight is 249 g/mol. The molecule has 2 rings (SSSR count). The van der Waals surface area contributed by atoms with Crippen LogP contribution in [0.4, 0.5) is 0 Å². The number of benzene rings is 2. The molecule has 3 heteroatoms. The van der Waals surface area contributed by atoms with Gasteiger partial charge in [-0.15, -0.1) is 0 Å². The van der Waals surface area contributed by atoms with Gasteiger partial charge in [-0.2, -0.15) is 0 Å². The minimum Gasteiger partial charge on any atom is -0.504 e.